The van der Waals surface area contributed by atoms with Gasteiger partial charge in [0.1, 0.15) is 17.4 Å². The van der Waals surface area contributed by atoms with E-state index >= 15 is 0 Å². The van der Waals surface area contributed by atoms with Gasteiger partial charge in [-0.2, -0.15) is 10.4 Å². The molecule has 0 radical (unpaired) electrons. The lowest BCUT2D eigenvalue weighted by Crippen LogP contribution is -2.27. The Hall–Kier alpha value is -2.55. The molecule has 6 nitrogen and oxygen atoms in total. The van der Waals surface area contributed by atoms with Crippen molar-refractivity contribution in [3.8, 4) is 6.07 Å². The molecule has 0 aromatic carbocycles. The van der Waals surface area contributed by atoms with Crippen LogP contribution in [0, 0.1) is 18.3 Å². The predicted molar refractivity (Wildman–Crippen MR) is 83.9 cm³/mol. The lowest BCUT2D eigenvalue weighted by Gasteiger charge is -2.30. The van der Waals surface area contributed by atoms with Crippen LogP contribution in [0.25, 0.3) is 0 Å². The summed E-state index contributed by atoms with van der Waals surface area (Å²) in [6.45, 7) is 6.04. The zero-order valence-electron chi connectivity index (χ0n) is 13.6. The van der Waals surface area contributed by atoms with Crippen LogP contribution in [0.4, 0.5) is 0 Å². The second kappa shape index (κ2) is 5.58. The molecule has 1 aromatic heterocycles. The van der Waals surface area contributed by atoms with Gasteiger partial charge in [-0.1, -0.05) is 0 Å². The molecule has 1 aromatic rings. The minimum absolute atomic E-state index is 0.0354. The van der Waals surface area contributed by atoms with Crippen molar-refractivity contribution in [3.05, 3.63) is 40.2 Å². The zero-order chi connectivity index (χ0) is 16.7. The number of ether oxygens (including phenoxy) is 1. The number of nitriles is 1. The predicted octanol–water partition coefficient (Wildman–Crippen LogP) is 2.59. The topological polar surface area (TPSA) is 93.9 Å². The second-order valence-electron chi connectivity index (χ2n) is 6.26. The van der Waals surface area contributed by atoms with Crippen LogP contribution in [0.5, 0.6) is 0 Å². The quantitative estimate of drug-likeness (QED) is 0.905. The minimum atomic E-state index is -0.468. The molecule has 0 fully saturated rings. The number of nitrogens with two attached hydrogens (primary N) is 1. The zero-order valence-corrected chi connectivity index (χ0v) is 13.6. The Morgan fingerprint density at radius 1 is 1.48 bits per heavy atom. The fourth-order valence-electron chi connectivity index (χ4n) is 3.41. The van der Waals surface area contributed by atoms with E-state index in [1.807, 2.05) is 25.5 Å². The van der Waals surface area contributed by atoms with Gasteiger partial charge >= 0.3 is 0 Å². The third-order valence-corrected chi connectivity index (χ3v) is 4.49. The van der Waals surface area contributed by atoms with E-state index in [0.717, 1.165) is 17.7 Å². The van der Waals surface area contributed by atoms with Gasteiger partial charge < -0.3 is 10.5 Å². The standard InChI is InChI=1S/C17H20N4O2/c1-9(2)21-10(3)12(8-20-21)15-11(7-18)17(19)23-14-6-4-5-13(22)16(14)15/h8-9,15H,4-6,19H2,1-3H3. The molecule has 0 saturated carbocycles. The lowest BCUT2D eigenvalue weighted by atomic mass is 9.78. The summed E-state index contributed by atoms with van der Waals surface area (Å²) in [5.74, 6) is 0.277. The lowest BCUT2D eigenvalue weighted by molar-refractivity contribution is -0.116. The van der Waals surface area contributed by atoms with Crippen LogP contribution < -0.4 is 5.73 Å². The Bertz CT molecular complexity index is 777. The first-order valence-corrected chi connectivity index (χ1v) is 7.83. The molecule has 0 saturated heterocycles. The van der Waals surface area contributed by atoms with E-state index in [1.54, 1.807) is 6.20 Å². The molecule has 6 heteroatoms. The SMILES string of the molecule is Cc1c(C2C(C#N)=C(N)OC3=C2C(=O)CCC3)cnn1C(C)C. The van der Waals surface area contributed by atoms with E-state index in [1.165, 1.54) is 0 Å². The van der Waals surface area contributed by atoms with Crippen molar-refractivity contribution >= 4 is 5.78 Å². The van der Waals surface area contributed by atoms with Crippen LogP contribution in [-0.2, 0) is 9.53 Å². The van der Waals surface area contributed by atoms with Crippen molar-refractivity contribution in [1.82, 2.24) is 9.78 Å². The molecule has 120 valence electrons. The highest BCUT2D eigenvalue weighted by atomic mass is 16.5. The summed E-state index contributed by atoms with van der Waals surface area (Å²) in [6.07, 6.45) is 3.65. The first-order chi connectivity index (χ1) is 11.0. The van der Waals surface area contributed by atoms with Crippen molar-refractivity contribution in [2.75, 3.05) is 0 Å². The van der Waals surface area contributed by atoms with Gasteiger partial charge in [-0.05, 0) is 27.2 Å². The van der Waals surface area contributed by atoms with Crippen LogP contribution in [0.2, 0.25) is 0 Å². The second-order valence-corrected chi connectivity index (χ2v) is 6.26. The van der Waals surface area contributed by atoms with E-state index in [-0.39, 0.29) is 17.7 Å². The fourth-order valence-corrected chi connectivity index (χ4v) is 3.41. The van der Waals surface area contributed by atoms with Crippen LogP contribution in [0.1, 0.15) is 56.3 Å². The molecule has 0 amide bonds. The van der Waals surface area contributed by atoms with E-state index in [9.17, 15) is 10.1 Å². The maximum Gasteiger partial charge on any atom is 0.205 e. The Balaban J connectivity index is 2.20. The highest BCUT2D eigenvalue weighted by Gasteiger charge is 2.39. The summed E-state index contributed by atoms with van der Waals surface area (Å²) in [4.78, 5) is 12.5. The Labute approximate surface area is 135 Å². The third kappa shape index (κ3) is 2.33. The average Bonchev–Trinajstić information content (AvgIpc) is 2.87. The third-order valence-electron chi connectivity index (χ3n) is 4.49. The highest BCUT2D eigenvalue weighted by Crippen LogP contribution is 2.44. The van der Waals surface area contributed by atoms with Crippen molar-refractivity contribution in [2.24, 2.45) is 5.73 Å². The number of Topliss-reactive ketones (excluding diaryl/α,β-unsaturated/α-hetero) is 1. The molecule has 3 rings (SSSR count). The smallest absolute Gasteiger partial charge is 0.205 e. The number of ketones is 1. The van der Waals surface area contributed by atoms with Crippen molar-refractivity contribution in [2.45, 2.75) is 52.0 Å². The number of nitrogens with zero attached hydrogens (tertiary/aromatic N) is 3. The molecule has 2 heterocycles. The molecular formula is C17H20N4O2. The number of carbonyl (C=O) groups excluding carboxylic acids is 1. The van der Waals surface area contributed by atoms with Gasteiger partial charge in [0.05, 0.1) is 12.1 Å². The van der Waals surface area contributed by atoms with Crippen LogP contribution >= 0.6 is 0 Å². The van der Waals surface area contributed by atoms with Crippen molar-refractivity contribution in [3.63, 3.8) is 0 Å². The normalized spacial score (nSPS) is 21.3. The first kappa shape index (κ1) is 15.3. The number of hydrogen-bond acceptors (Lipinski definition) is 5. The molecule has 1 atom stereocenters. The first-order valence-electron chi connectivity index (χ1n) is 7.83. The number of carbonyl (C=O) groups is 1. The molecule has 2 aliphatic rings. The van der Waals surface area contributed by atoms with E-state index in [4.69, 9.17) is 10.5 Å². The maximum absolute atomic E-state index is 12.5. The Morgan fingerprint density at radius 3 is 2.83 bits per heavy atom. The van der Waals surface area contributed by atoms with Gasteiger partial charge in [0.15, 0.2) is 5.78 Å². The number of allylic oxidation sites excluding steroid dienone is 3. The summed E-state index contributed by atoms with van der Waals surface area (Å²) < 4.78 is 7.47. The van der Waals surface area contributed by atoms with Crippen molar-refractivity contribution in [1.29, 1.82) is 5.26 Å². The van der Waals surface area contributed by atoms with E-state index in [2.05, 4.69) is 11.2 Å². The average molecular weight is 312 g/mol. The van der Waals surface area contributed by atoms with Crippen LogP contribution in [0.15, 0.2) is 29.0 Å². The monoisotopic (exact) mass is 312 g/mol. The molecule has 2 N–H and O–H groups in total. The summed E-state index contributed by atoms with van der Waals surface area (Å²) in [5, 5.41) is 14.0. The van der Waals surface area contributed by atoms with Crippen LogP contribution in [0.3, 0.4) is 0 Å². The van der Waals surface area contributed by atoms with E-state index < -0.39 is 5.92 Å². The maximum atomic E-state index is 12.5. The molecule has 1 aliphatic carbocycles. The van der Waals surface area contributed by atoms with Gasteiger partial charge in [0.2, 0.25) is 5.88 Å². The van der Waals surface area contributed by atoms with Crippen molar-refractivity contribution < 1.29 is 9.53 Å². The summed E-state index contributed by atoms with van der Waals surface area (Å²) in [6, 6.07) is 2.33. The highest BCUT2D eigenvalue weighted by molar-refractivity contribution is 5.99. The number of hydrogen-bond donors (Lipinski definition) is 1. The number of rotatable bonds is 2. The summed E-state index contributed by atoms with van der Waals surface area (Å²) >= 11 is 0. The molecule has 1 unspecified atom stereocenters. The van der Waals surface area contributed by atoms with Crippen LogP contribution in [-0.4, -0.2) is 15.6 Å². The molecular weight excluding hydrogens is 292 g/mol. The Morgan fingerprint density at radius 2 is 2.22 bits per heavy atom. The molecule has 0 bridgehead atoms. The van der Waals surface area contributed by atoms with Gasteiger partial charge in [-0.15, -0.1) is 0 Å². The van der Waals surface area contributed by atoms with E-state index in [0.29, 0.717) is 29.7 Å². The molecule has 23 heavy (non-hydrogen) atoms. The molecule has 0 spiro atoms. The largest absolute Gasteiger partial charge is 0.444 e. The Kier molecular flexibility index (Phi) is 3.72. The summed E-state index contributed by atoms with van der Waals surface area (Å²) in [7, 11) is 0. The molecule has 1 aliphatic heterocycles. The minimum Gasteiger partial charge on any atom is -0.444 e. The van der Waals surface area contributed by atoms with Gasteiger partial charge in [-0.25, -0.2) is 0 Å². The summed E-state index contributed by atoms with van der Waals surface area (Å²) in [5.41, 5.74) is 8.62. The van der Waals surface area contributed by atoms with Gasteiger partial charge in [0, 0.05) is 35.7 Å². The van der Waals surface area contributed by atoms with Gasteiger partial charge in [-0.3, -0.25) is 9.48 Å². The number of aromatic nitrogens is 2. The van der Waals surface area contributed by atoms with Gasteiger partial charge in [0.25, 0.3) is 0 Å². The fraction of sp³-hybridized carbons (Fsp3) is 0.471.